The Kier molecular flexibility index (Phi) is 4.08. The number of carbonyl (C=O) groups excluding carboxylic acids is 4. The van der Waals surface area contributed by atoms with Crippen LogP contribution in [0.3, 0.4) is 0 Å². The second kappa shape index (κ2) is 6.54. The third kappa shape index (κ3) is 2.79. The van der Waals surface area contributed by atoms with Gasteiger partial charge in [-0.05, 0) is 61.3 Å². The zero-order chi connectivity index (χ0) is 20.3. The van der Waals surface area contributed by atoms with E-state index < -0.39 is 11.9 Å². The maximum Gasteiger partial charge on any atom is 0.338 e. The zero-order valence-corrected chi connectivity index (χ0v) is 16.0. The minimum absolute atomic E-state index is 0.148. The number of likely N-dealkylation sites (tertiary alicyclic amines) is 1. The fourth-order valence-electron chi connectivity index (χ4n) is 5.42. The largest absolute Gasteiger partial charge is 0.462 e. The lowest BCUT2D eigenvalue weighted by molar-refractivity contribution is -0.142. The number of ether oxygens (including phenoxy) is 1. The Bertz CT molecular complexity index is 901. The summed E-state index contributed by atoms with van der Waals surface area (Å²) in [6, 6.07) is 6.30. The molecule has 1 aromatic carbocycles. The van der Waals surface area contributed by atoms with Crippen molar-refractivity contribution in [2.75, 3.05) is 18.5 Å². The number of esters is 1. The summed E-state index contributed by atoms with van der Waals surface area (Å²) in [6.07, 6.45) is 5.33. The molecule has 1 aromatic rings. The van der Waals surface area contributed by atoms with Crippen LogP contribution in [0.4, 0.5) is 5.69 Å². The predicted molar refractivity (Wildman–Crippen MR) is 102 cm³/mol. The minimum Gasteiger partial charge on any atom is -0.462 e. The van der Waals surface area contributed by atoms with Gasteiger partial charge in [-0.15, -0.1) is 0 Å². The molecule has 29 heavy (non-hydrogen) atoms. The van der Waals surface area contributed by atoms with Crippen LogP contribution in [0.25, 0.3) is 0 Å². The number of allylic oxidation sites excluding steroid dienone is 2. The van der Waals surface area contributed by atoms with Crippen molar-refractivity contribution in [1.29, 1.82) is 0 Å². The Balaban J connectivity index is 1.24. The highest BCUT2D eigenvalue weighted by Gasteiger charge is 2.67. The van der Waals surface area contributed by atoms with Gasteiger partial charge < -0.3 is 10.1 Å². The van der Waals surface area contributed by atoms with Gasteiger partial charge in [0, 0.05) is 5.69 Å². The van der Waals surface area contributed by atoms with E-state index in [0.717, 1.165) is 11.3 Å². The average molecular weight is 394 g/mol. The van der Waals surface area contributed by atoms with E-state index in [-0.39, 0.29) is 48.6 Å². The summed E-state index contributed by atoms with van der Waals surface area (Å²) < 4.78 is 4.93. The number of anilines is 1. The molecule has 0 unspecified atom stereocenters. The molecule has 0 radical (unpaired) electrons. The highest BCUT2D eigenvalue weighted by molar-refractivity contribution is 6.09. The summed E-state index contributed by atoms with van der Waals surface area (Å²) in [4.78, 5) is 51.1. The van der Waals surface area contributed by atoms with Crippen molar-refractivity contribution in [3.05, 3.63) is 42.0 Å². The summed E-state index contributed by atoms with van der Waals surface area (Å²) in [5.74, 6) is -0.498. The first kappa shape index (κ1) is 18.1. The van der Waals surface area contributed by atoms with Gasteiger partial charge in [0.1, 0.15) is 6.54 Å². The number of nitrogens with one attached hydrogen (secondary N) is 1. The summed E-state index contributed by atoms with van der Waals surface area (Å²) in [7, 11) is 0. The highest BCUT2D eigenvalue weighted by Crippen LogP contribution is 2.65. The summed E-state index contributed by atoms with van der Waals surface area (Å²) in [5, 5.41) is 2.69. The number of amides is 3. The number of hydrogen-bond acceptors (Lipinski definition) is 5. The number of hydrogen-bond donors (Lipinski definition) is 1. The number of benzene rings is 1. The van der Waals surface area contributed by atoms with E-state index >= 15 is 0 Å². The minimum atomic E-state index is -0.431. The van der Waals surface area contributed by atoms with Gasteiger partial charge in [0.05, 0.1) is 24.0 Å². The molecule has 150 valence electrons. The molecule has 6 atom stereocenters. The zero-order valence-electron chi connectivity index (χ0n) is 16.0. The van der Waals surface area contributed by atoms with E-state index in [2.05, 4.69) is 17.5 Å². The number of carbonyl (C=O) groups is 4. The van der Waals surface area contributed by atoms with E-state index in [1.165, 1.54) is 0 Å². The molecule has 0 spiro atoms. The van der Waals surface area contributed by atoms with Crippen LogP contribution in [0.15, 0.2) is 36.4 Å². The van der Waals surface area contributed by atoms with E-state index in [9.17, 15) is 19.2 Å². The van der Waals surface area contributed by atoms with Gasteiger partial charge in [0.2, 0.25) is 17.7 Å². The first-order valence-electron chi connectivity index (χ1n) is 10.1. The fourth-order valence-corrected chi connectivity index (χ4v) is 5.42. The molecule has 5 aliphatic rings. The van der Waals surface area contributed by atoms with Crippen LogP contribution in [-0.4, -0.2) is 41.7 Å². The Morgan fingerprint density at radius 3 is 2.17 bits per heavy atom. The second-order valence-corrected chi connectivity index (χ2v) is 8.26. The molecule has 1 saturated heterocycles. The van der Waals surface area contributed by atoms with E-state index in [1.54, 1.807) is 31.2 Å². The van der Waals surface area contributed by atoms with Crippen molar-refractivity contribution in [3.63, 3.8) is 0 Å². The molecule has 6 rings (SSSR count). The summed E-state index contributed by atoms with van der Waals surface area (Å²) in [6.45, 7) is 1.74. The number of rotatable bonds is 5. The van der Waals surface area contributed by atoms with Crippen LogP contribution >= 0.6 is 0 Å². The van der Waals surface area contributed by atoms with Crippen LogP contribution in [0.2, 0.25) is 0 Å². The highest BCUT2D eigenvalue weighted by atomic mass is 16.5. The Morgan fingerprint density at radius 2 is 1.62 bits per heavy atom. The average Bonchev–Trinajstić information content (AvgIpc) is 3.50. The molecule has 1 N–H and O–H groups in total. The van der Waals surface area contributed by atoms with Crippen LogP contribution in [-0.2, 0) is 19.1 Å². The predicted octanol–water partition coefficient (Wildman–Crippen LogP) is 1.85. The summed E-state index contributed by atoms with van der Waals surface area (Å²) >= 11 is 0. The van der Waals surface area contributed by atoms with Gasteiger partial charge in [0.15, 0.2) is 0 Å². The monoisotopic (exact) mass is 394 g/mol. The first-order chi connectivity index (χ1) is 14.0. The SMILES string of the molecule is CCOC(=O)c1ccc(NC(=O)CN2C(=O)[C@@H]3[C@@H]4C=C[C@H]([C@@H]5C[C@@H]45)[C@H]3C2=O)cc1. The van der Waals surface area contributed by atoms with Gasteiger partial charge in [-0.3, -0.25) is 19.3 Å². The van der Waals surface area contributed by atoms with Crippen LogP contribution < -0.4 is 5.32 Å². The van der Waals surface area contributed by atoms with Crippen molar-refractivity contribution >= 4 is 29.4 Å². The lowest BCUT2D eigenvalue weighted by Crippen LogP contribution is -2.40. The molecule has 1 aliphatic heterocycles. The van der Waals surface area contributed by atoms with E-state index in [4.69, 9.17) is 4.74 Å². The molecular weight excluding hydrogens is 372 g/mol. The Labute approximate surface area is 168 Å². The van der Waals surface area contributed by atoms with Crippen molar-refractivity contribution in [3.8, 4) is 0 Å². The molecule has 3 amide bonds. The lowest BCUT2D eigenvalue weighted by Gasteiger charge is -2.37. The molecule has 4 aliphatic carbocycles. The van der Waals surface area contributed by atoms with Crippen molar-refractivity contribution in [1.82, 2.24) is 4.90 Å². The second-order valence-electron chi connectivity index (χ2n) is 8.26. The van der Waals surface area contributed by atoms with Crippen molar-refractivity contribution < 1.29 is 23.9 Å². The quantitative estimate of drug-likeness (QED) is 0.467. The van der Waals surface area contributed by atoms with Crippen molar-refractivity contribution in [2.45, 2.75) is 13.3 Å². The van der Waals surface area contributed by atoms with Crippen molar-refractivity contribution in [2.24, 2.45) is 35.5 Å². The van der Waals surface area contributed by atoms with Crippen LogP contribution in [0, 0.1) is 35.5 Å². The lowest BCUT2D eigenvalue weighted by atomic mass is 9.63. The topological polar surface area (TPSA) is 92.8 Å². The normalized spacial score (nSPS) is 33.3. The summed E-state index contributed by atoms with van der Waals surface area (Å²) in [5.41, 5.74) is 0.878. The maximum absolute atomic E-state index is 12.9. The van der Waals surface area contributed by atoms with Gasteiger partial charge in [-0.1, -0.05) is 12.2 Å². The van der Waals surface area contributed by atoms with Crippen LogP contribution in [0.1, 0.15) is 23.7 Å². The molecule has 3 fully saturated rings. The van der Waals surface area contributed by atoms with Gasteiger partial charge in [0.25, 0.3) is 0 Å². The number of nitrogens with zero attached hydrogens (tertiary/aromatic N) is 1. The number of imide groups is 1. The van der Waals surface area contributed by atoms with E-state index in [1.807, 2.05) is 0 Å². The maximum atomic E-state index is 12.9. The Hall–Kier alpha value is -2.96. The molecule has 0 aromatic heterocycles. The fraction of sp³-hybridized carbons (Fsp3) is 0.455. The van der Waals surface area contributed by atoms with E-state index in [0.29, 0.717) is 23.1 Å². The standard InChI is InChI=1S/C22H22N2O5/c1-2-29-22(28)11-3-5-12(6-4-11)23-17(25)10-24-20(26)18-13-7-8-14(16-9-15(13)16)19(18)21(24)27/h3-8,13-16,18-19H,2,9-10H2,1H3,(H,23,25)/t13-,14-,15+,16+,18-,19-/m1/s1. The van der Waals surface area contributed by atoms with Crippen LogP contribution in [0.5, 0.6) is 0 Å². The molecule has 2 bridgehead atoms. The molecule has 1 heterocycles. The Morgan fingerprint density at radius 1 is 1.03 bits per heavy atom. The third-order valence-corrected chi connectivity index (χ3v) is 6.74. The third-order valence-electron chi connectivity index (χ3n) is 6.74. The first-order valence-corrected chi connectivity index (χ1v) is 10.1. The molecule has 7 heteroatoms. The molecule has 2 saturated carbocycles. The smallest absolute Gasteiger partial charge is 0.338 e. The molecule has 7 nitrogen and oxygen atoms in total. The molecular formula is C22H22N2O5. The van der Waals surface area contributed by atoms with Gasteiger partial charge in [-0.2, -0.15) is 0 Å². The van der Waals surface area contributed by atoms with Gasteiger partial charge >= 0.3 is 5.97 Å². The van der Waals surface area contributed by atoms with Gasteiger partial charge in [-0.25, -0.2) is 4.79 Å².